The summed E-state index contributed by atoms with van der Waals surface area (Å²) in [5, 5.41) is 24.0. The third kappa shape index (κ3) is 8.75. The molecule has 17 heteroatoms. The minimum atomic E-state index is -4.91. The molecule has 5 rings (SSSR count). The molecule has 2 fully saturated rings. The fourth-order valence-corrected chi connectivity index (χ4v) is 8.20. The van der Waals surface area contributed by atoms with Crippen LogP contribution >= 0.6 is 11.3 Å². The van der Waals surface area contributed by atoms with Crippen LogP contribution in [0.5, 0.6) is 11.5 Å². The first-order valence-electron chi connectivity index (χ1n) is 18.2. The standard InChI is InChI=1S/C39H42F6N4O6S/c1-3-8-30-37(55-25-21-31(56-23-25)39(43,44)45,14-7-19-49(30)32(50)26-22-47-17-11-27(26)38(40,41)42)33(51)48-18-15-35(2,24-46)28-9-4-5-10-29(28)54-20-16-36(34(52)53)12-6-13-36/h4-5,9-11,17,21-23,30H,3,6-8,12-16,18-20H2,1-2H3,(H,48,51)(H,52,53). The van der Waals surface area contributed by atoms with E-state index in [0.29, 0.717) is 48.0 Å². The number of rotatable bonds is 15. The van der Waals surface area contributed by atoms with Crippen molar-refractivity contribution in [3.05, 3.63) is 75.7 Å². The van der Waals surface area contributed by atoms with Gasteiger partial charge in [0, 0.05) is 48.9 Å². The molecule has 3 aromatic rings. The Labute approximate surface area is 323 Å². The second kappa shape index (κ2) is 16.7. The predicted molar refractivity (Wildman–Crippen MR) is 192 cm³/mol. The lowest BCUT2D eigenvalue weighted by atomic mass is 9.67. The summed E-state index contributed by atoms with van der Waals surface area (Å²) in [5.74, 6) is -2.71. The predicted octanol–water partition coefficient (Wildman–Crippen LogP) is 8.41. The van der Waals surface area contributed by atoms with Crippen molar-refractivity contribution >= 4 is 29.1 Å². The number of nitriles is 1. The first-order chi connectivity index (χ1) is 26.4. The molecule has 1 aliphatic heterocycles. The minimum absolute atomic E-state index is 0.00709. The van der Waals surface area contributed by atoms with Crippen LogP contribution in [0.15, 0.2) is 54.2 Å². The number of carbonyl (C=O) groups is 3. The zero-order valence-electron chi connectivity index (χ0n) is 30.8. The summed E-state index contributed by atoms with van der Waals surface area (Å²) in [6.45, 7) is 3.23. The number of hydrogen-bond donors (Lipinski definition) is 2. The van der Waals surface area contributed by atoms with Crippen LogP contribution in [0, 0.1) is 16.7 Å². The lowest BCUT2D eigenvalue weighted by Crippen LogP contribution is -2.67. The summed E-state index contributed by atoms with van der Waals surface area (Å²) in [6.07, 6.45) is -5.41. The molecule has 1 aromatic carbocycles. The van der Waals surface area contributed by atoms with Crippen molar-refractivity contribution in [2.45, 2.75) is 101 Å². The van der Waals surface area contributed by atoms with E-state index < -0.39 is 68.6 Å². The number of thiophene rings is 1. The molecule has 3 heterocycles. The maximum Gasteiger partial charge on any atom is 0.425 e. The van der Waals surface area contributed by atoms with Crippen LogP contribution in [-0.2, 0) is 27.4 Å². The molecule has 2 aromatic heterocycles. The van der Waals surface area contributed by atoms with Crippen molar-refractivity contribution in [2.75, 3.05) is 19.7 Å². The molecule has 2 amide bonds. The van der Waals surface area contributed by atoms with Gasteiger partial charge in [0.15, 0.2) is 0 Å². The van der Waals surface area contributed by atoms with Gasteiger partial charge >= 0.3 is 18.3 Å². The van der Waals surface area contributed by atoms with Gasteiger partial charge < -0.3 is 24.8 Å². The van der Waals surface area contributed by atoms with Gasteiger partial charge in [0.25, 0.3) is 11.8 Å². The van der Waals surface area contributed by atoms with Crippen LogP contribution in [-0.4, -0.2) is 64.1 Å². The van der Waals surface area contributed by atoms with E-state index in [1.807, 2.05) is 0 Å². The van der Waals surface area contributed by atoms with Gasteiger partial charge in [-0.25, -0.2) is 0 Å². The summed E-state index contributed by atoms with van der Waals surface area (Å²) in [6, 6.07) is 9.22. The average molecular weight is 809 g/mol. The molecule has 10 nitrogen and oxygen atoms in total. The number of amides is 2. The number of aliphatic carboxylic acids is 1. The highest BCUT2D eigenvalue weighted by molar-refractivity contribution is 7.10. The fourth-order valence-electron chi connectivity index (χ4n) is 7.53. The van der Waals surface area contributed by atoms with Gasteiger partial charge in [-0.1, -0.05) is 38.0 Å². The normalized spacial score (nSPS) is 20.6. The largest absolute Gasteiger partial charge is 0.493 e. The molecule has 1 saturated heterocycles. The van der Waals surface area contributed by atoms with Gasteiger partial charge in [0.05, 0.1) is 40.7 Å². The number of carboxylic acid groups (broad SMARTS) is 1. The molecule has 2 N–H and O–H groups in total. The smallest absolute Gasteiger partial charge is 0.425 e. The number of ether oxygens (including phenoxy) is 2. The Balaban J connectivity index is 1.43. The first kappa shape index (κ1) is 42.3. The lowest BCUT2D eigenvalue weighted by molar-refractivity contribution is -0.155. The number of carbonyl (C=O) groups excluding carboxylic acids is 2. The van der Waals surface area contributed by atoms with E-state index in [2.05, 4.69) is 16.4 Å². The number of likely N-dealkylation sites (tertiary alicyclic amines) is 1. The molecule has 1 aliphatic carbocycles. The molecule has 56 heavy (non-hydrogen) atoms. The number of para-hydroxylation sites is 1. The quantitative estimate of drug-likeness (QED) is 0.146. The molecule has 3 unspecified atom stereocenters. The Bertz CT molecular complexity index is 1940. The van der Waals surface area contributed by atoms with Gasteiger partial charge in [-0.15, -0.1) is 11.3 Å². The third-order valence-electron chi connectivity index (χ3n) is 10.8. The van der Waals surface area contributed by atoms with Gasteiger partial charge in [0.2, 0.25) is 5.60 Å². The van der Waals surface area contributed by atoms with Crippen LogP contribution in [0.4, 0.5) is 26.3 Å². The highest BCUT2D eigenvalue weighted by atomic mass is 32.1. The summed E-state index contributed by atoms with van der Waals surface area (Å²) >= 11 is 0.342. The van der Waals surface area contributed by atoms with Gasteiger partial charge in [0.1, 0.15) is 16.4 Å². The Morgan fingerprint density at radius 3 is 2.41 bits per heavy atom. The molecule has 3 atom stereocenters. The van der Waals surface area contributed by atoms with Gasteiger partial charge in [-0.3, -0.25) is 19.4 Å². The van der Waals surface area contributed by atoms with E-state index in [9.17, 15) is 51.1 Å². The van der Waals surface area contributed by atoms with E-state index in [0.717, 1.165) is 35.2 Å². The number of halogens is 6. The summed E-state index contributed by atoms with van der Waals surface area (Å²) in [4.78, 5) is 44.2. The molecular formula is C39H42F6N4O6S. The minimum Gasteiger partial charge on any atom is -0.493 e. The highest BCUT2D eigenvalue weighted by Crippen LogP contribution is 2.45. The van der Waals surface area contributed by atoms with Crippen molar-refractivity contribution in [1.29, 1.82) is 5.26 Å². The number of carboxylic acids is 1. The lowest BCUT2D eigenvalue weighted by Gasteiger charge is -2.48. The molecule has 0 radical (unpaired) electrons. The Morgan fingerprint density at radius 2 is 1.80 bits per heavy atom. The van der Waals surface area contributed by atoms with E-state index in [4.69, 9.17) is 9.47 Å². The van der Waals surface area contributed by atoms with E-state index in [1.165, 1.54) is 0 Å². The Morgan fingerprint density at radius 1 is 1.07 bits per heavy atom. The van der Waals surface area contributed by atoms with E-state index in [1.54, 1.807) is 38.1 Å². The number of aromatic nitrogens is 1. The summed E-state index contributed by atoms with van der Waals surface area (Å²) in [7, 11) is 0. The van der Waals surface area contributed by atoms with Crippen molar-refractivity contribution < 1.29 is 55.3 Å². The van der Waals surface area contributed by atoms with Crippen molar-refractivity contribution in [3.8, 4) is 17.6 Å². The number of hydrogen-bond acceptors (Lipinski definition) is 8. The van der Waals surface area contributed by atoms with Crippen molar-refractivity contribution in [1.82, 2.24) is 15.2 Å². The highest BCUT2D eigenvalue weighted by Gasteiger charge is 2.54. The topological polar surface area (TPSA) is 142 Å². The average Bonchev–Trinajstić information content (AvgIpc) is 3.62. The number of alkyl halides is 6. The van der Waals surface area contributed by atoms with E-state index in [-0.39, 0.29) is 57.6 Å². The molecule has 2 aliphatic rings. The fraction of sp³-hybridized carbons (Fsp3) is 0.513. The zero-order chi connectivity index (χ0) is 40.9. The van der Waals surface area contributed by atoms with Crippen LogP contribution in [0.1, 0.15) is 98.0 Å². The van der Waals surface area contributed by atoms with Crippen LogP contribution in [0.2, 0.25) is 0 Å². The second-order valence-electron chi connectivity index (χ2n) is 14.4. The Kier molecular flexibility index (Phi) is 12.6. The zero-order valence-corrected chi connectivity index (χ0v) is 31.6. The third-order valence-corrected chi connectivity index (χ3v) is 11.8. The Hall–Kier alpha value is -4.85. The number of piperidine rings is 1. The van der Waals surface area contributed by atoms with Gasteiger partial charge in [-0.05, 0) is 57.6 Å². The number of pyridine rings is 1. The number of benzene rings is 1. The van der Waals surface area contributed by atoms with Crippen molar-refractivity contribution in [3.63, 3.8) is 0 Å². The van der Waals surface area contributed by atoms with Crippen LogP contribution < -0.4 is 14.8 Å². The molecule has 0 bridgehead atoms. The first-order valence-corrected chi connectivity index (χ1v) is 19.1. The summed E-state index contributed by atoms with van der Waals surface area (Å²) < 4.78 is 95.2. The van der Waals surface area contributed by atoms with Crippen LogP contribution in [0.3, 0.4) is 0 Å². The SMILES string of the molecule is CCCC1N(C(=O)c2cnccc2C(F)(F)F)CCCC1(Oc1csc(C(F)(F)F)c1)C(=O)NCCC(C)(C#N)c1ccccc1OCCC1(C(=O)O)CCC1. The monoisotopic (exact) mass is 808 g/mol. The number of nitrogens with zero attached hydrogens (tertiary/aromatic N) is 3. The number of nitrogens with one attached hydrogen (secondary N) is 1. The molecule has 0 spiro atoms. The maximum atomic E-state index is 14.5. The maximum absolute atomic E-state index is 14.5. The molecule has 1 saturated carbocycles. The van der Waals surface area contributed by atoms with E-state index >= 15 is 0 Å². The molecular weight excluding hydrogens is 767 g/mol. The van der Waals surface area contributed by atoms with Crippen molar-refractivity contribution in [2.24, 2.45) is 5.41 Å². The summed E-state index contributed by atoms with van der Waals surface area (Å²) in [5.41, 5.74) is -5.65. The van der Waals surface area contributed by atoms with Gasteiger partial charge in [-0.2, -0.15) is 31.6 Å². The second-order valence-corrected chi connectivity index (χ2v) is 15.4. The van der Waals surface area contributed by atoms with Crippen LogP contribution in [0.25, 0.3) is 0 Å². The molecule has 302 valence electrons.